The second-order valence-corrected chi connectivity index (χ2v) is 12.3. The van der Waals surface area contributed by atoms with E-state index in [4.69, 9.17) is 6.57 Å². The van der Waals surface area contributed by atoms with Crippen molar-refractivity contribution >= 4 is 49.3 Å². The highest BCUT2D eigenvalue weighted by Gasteiger charge is 2.19. The van der Waals surface area contributed by atoms with Crippen molar-refractivity contribution in [2.45, 2.75) is 0 Å². The van der Waals surface area contributed by atoms with Crippen molar-refractivity contribution < 1.29 is 0 Å². The van der Waals surface area contributed by atoms with Crippen LogP contribution in [0.2, 0.25) is 0 Å². The predicted molar refractivity (Wildman–Crippen MR) is 202 cm³/mol. The number of nitriles is 2. The van der Waals surface area contributed by atoms with Gasteiger partial charge in [0.25, 0.3) is 0 Å². The van der Waals surface area contributed by atoms with Gasteiger partial charge < -0.3 is 9.13 Å². The van der Waals surface area contributed by atoms with Crippen LogP contribution in [0.15, 0.2) is 152 Å². The van der Waals surface area contributed by atoms with E-state index in [1.54, 1.807) is 0 Å². The number of benzene rings is 7. The molecule has 7 aromatic carbocycles. The summed E-state index contributed by atoms with van der Waals surface area (Å²) in [5.41, 5.74) is 11.8. The molecule has 50 heavy (non-hydrogen) atoms. The lowest BCUT2D eigenvalue weighted by atomic mass is 9.92. The van der Waals surface area contributed by atoms with Crippen molar-refractivity contribution in [2.24, 2.45) is 0 Å². The number of para-hydroxylation sites is 3. The van der Waals surface area contributed by atoms with E-state index in [0.29, 0.717) is 16.8 Å². The molecule has 0 spiro atoms. The van der Waals surface area contributed by atoms with E-state index in [-0.39, 0.29) is 0 Å². The highest BCUT2D eigenvalue weighted by Crippen LogP contribution is 2.41. The van der Waals surface area contributed by atoms with Crippen LogP contribution in [0.3, 0.4) is 0 Å². The van der Waals surface area contributed by atoms with E-state index in [9.17, 15) is 10.5 Å². The van der Waals surface area contributed by atoms with E-state index in [0.717, 1.165) is 66.5 Å². The third-order valence-corrected chi connectivity index (χ3v) is 9.61. The van der Waals surface area contributed by atoms with Crippen LogP contribution in [-0.2, 0) is 0 Å². The monoisotopic (exact) mass is 635 g/mol. The largest absolute Gasteiger partial charge is 0.309 e. The zero-order chi connectivity index (χ0) is 33.8. The molecule has 0 N–H and O–H groups in total. The van der Waals surface area contributed by atoms with Crippen LogP contribution < -0.4 is 0 Å². The fraction of sp³-hybridized carbons (Fsp3) is 0. The van der Waals surface area contributed by atoms with Crippen molar-refractivity contribution in [2.75, 3.05) is 0 Å². The Hall–Kier alpha value is -7.39. The first kappa shape index (κ1) is 28.8. The maximum absolute atomic E-state index is 9.97. The van der Waals surface area contributed by atoms with Gasteiger partial charge in [0.1, 0.15) is 0 Å². The summed E-state index contributed by atoms with van der Waals surface area (Å²) in [7, 11) is 0. The lowest BCUT2D eigenvalue weighted by Crippen LogP contribution is -1.98. The van der Waals surface area contributed by atoms with Crippen LogP contribution in [0.5, 0.6) is 0 Å². The van der Waals surface area contributed by atoms with Crippen LogP contribution in [0.25, 0.3) is 82.1 Å². The van der Waals surface area contributed by atoms with Gasteiger partial charge in [0.15, 0.2) is 5.69 Å². The topological polar surface area (TPSA) is 61.8 Å². The van der Waals surface area contributed by atoms with Crippen LogP contribution >= 0.6 is 0 Å². The molecular formula is C45H25N5. The molecule has 9 aromatic rings. The summed E-state index contributed by atoms with van der Waals surface area (Å²) in [6, 6.07) is 55.7. The first-order valence-electron chi connectivity index (χ1n) is 16.3. The Labute approximate surface area is 288 Å². The highest BCUT2D eigenvalue weighted by atomic mass is 15.0. The molecule has 2 aromatic heterocycles. The van der Waals surface area contributed by atoms with Gasteiger partial charge in [0.2, 0.25) is 0 Å². The predicted octanol–water partition coefficient (Wildman–Crippen LogP) is 11.5. The Balaban J connectivity index is 1.24. The number of fused-ring (bicyclic) bond motifs is 6. The molecular weight excluding hydrogens is 611 g/mol. The Morgan fingerprint density at radius 1 is 0.460 bits per heavy atom. The first-order chi connectivity index (χ1) is 24.7. The molecule has 5 heteroatoms. The molecule has 0 amide bonds. The van der Waals surface area contributed by atoms with Crippen LogP contribution in [0, 0.1) is 29.2 Å². The van der Waals surface area contributed by atoms with Gasteiger partial charge in [-0.3, -0.25) is 0 Å². The lowest BCUT2D eigenvalue weighted by molar-refractivity contribution is 1.18. The van der Waals surface area contributed by atoms with Gasteiger partial charge in [-0.2, -0.15) is 10.5 Å². The zero-order valence-electron chi connectivity index (χ0n) is 26.7. The summed E-state index contributed by atoms with van der Waals surface area (Å²) in [4.78, 5) is 3.68. The minimum atomic E-state index is 0.547. The zero-order valence-corrected chi connectivity index (χ0v) is 26.7. The van der Waals surface area contributed by atoms with Crippen LogP contribution in [0.4, 0.5) is 5.69 Å². The SMILES string of the molecule is [C-]#[N+]c1ccc2c(c1)c1cc(C#N)ccc1n2-c1ccccc1-c1ccc(C#N)cc1-c1ccc(-n2c3ccccc3c3ccccc32)cc1. The van der Waals surface area contributed by atoms with E-state index >= 15 is 0 Å². The quantitative estimate of drug-likeness (QED) is 0.181. The first-order valence-corrected chi connectivity index (χ1v) is 16.3. The molecule has 0 fully saturated rings. The minimum absolute atomic E-state index is 0.547. The number of aromatic nitrogens is 2. The summed E-state index contributed by atoms with van der Waals surface area (Å²) in [5.74, 6) is 0. The van der Waals surface area contributed by atoms with Gasteiger partial charge in [0.05, 0.1) is 57.6 Å². The molecule has 0 aliphatic carbocycles. The Morgan fingerprint density at radius 2 is 1.04 bits per heavy atom. The summed E-state index contributed by atoms with van der Waals surface area (Å²) >= 11 is 0. The molecule has 0 aliphatic heterocycles. The van der Waals surface area contributed by atoms with Gasteiger partial charge in [-0.05, 0) is 94.9 Å². The normalized spacial score (nSPS) is 11.1. The number of nitrogens with zero attached hydrogens (tertiary/aromatic N) is 5. The lowest BCUT2D eigenvalue weighted by Gasteiger charge is -2.18. The Morgan fingerprint density at radius 3 is 1.74 bits per heavy atom. The summed E-state index contributed by atoms with van der Waals surface area (Å²) in [6.45, 7) is 7.63. The van der Waals surface area contributed by atoms with Crippen molar-refractivity contribution in [3.63, 3.8) is 0 Å². The van der Waals surface area contributed by atoms with Crippen molar-refractivity contribution in [1.29, 1.82) is 10.5 Å². The van der Waals surface area contributed by atoms with Gasteiger partial charge in [-0.15, -0.1) is 0 Å². The number of rotatable bonds is 4. The summed E-state index contributed by atoms with van der Waals surface area (Å²) in [5, 5.41) is 23.9. The minimum Gasteiger partial charge on any atom is -0.309 e. The van der Waals surface area contributed by atoms with Gasteiger partial charge in [0, 0.05) is 27.4 Å². The maximum atomic E-state index is 9.97. The number of hydrogen-bond donors (Lipinski definition) is 0. The molecule has 0 radical (unpaired) electrons. The van der Waals surface area contributed by atoms with Crippen LogP contribution in [-0.4, -0.2) is 9.13 Å². The number of hydrogen-bond acceptors (Lipinski definition) is 2. The van der Waals surface area contributed by atoms with Crippen molar-refractivity contribution in [3.05, 3.63) is 174 Å². The molecule has 0 unspecified atom stereocenters. The smallest absolute Gasteiger partial charge is 0.188 e. The maximum Gasteiger partial charge on any atom is 0.188 e. The fourth-order valence-corrected chi connectivity index (χ4v) is 7.38. The fourth-order valence-electron chi connectivity index (χ4n) is 7.38. The second-order valence-electron chi connectivity index (χ2n) is 12.3. The van der Waals surface area contributed by atoms with E-state index in [1.807, 2.05) is 66.7 Å². The molecule has 5 nitrogen and oxygen atoms in total. The van der Waals surface area contributed by atoms with E-state index in [2.05, 4.69) is 111 Å². The van der Waals surface area contributed by atoms with Gasteiger partial charge in [-0.25, -0.2) is 4.85 Å². The molecule has 2 heterocycles. The Kier molecular flexibility index (Phi) is 6.56. The van der Waals surface area contributed by atoms with Crippen LogP contribution in [0.1, 0.15) is 11.1 Å². The molecule has 0 atom stereocenters. The molecule has 0 saturated carbocycles. The molecule has 0 bridgehead atoms. The summed E-state index contributed by atoms with van der Waals surface area (Å²) in [6.07, 6.45) is 0. The average molecular weight is 636 g/mol. The Bertz CT molecular complexity index is 2830. The second kappa shape index (κ2) is 11.4. The van der Waals surface area contributed by atoms with E-state index in [1.165, 1.54) is 10.8 Å². The third kappa shape index (κ3) is 4.38. The standard InChI is InChI=1S/C45H25N5/c1-48-32-18-23-45-40(26-32)39-25-30(28-47)15-22-44(39)50(45)43-13-7-2-8-35(43)34-21-14-29(27-46)24-38(34)31-16-19-33(20-17-31)49-41-11-5-3-9-36(41)37-10-4-6-12-42(37)49/h2-26H. The average Bonchev–Trinajstić information content (AvgIpc) is 3.69. The molecule has 0 saturated heterocycles. The van der Waals surface area contributed by atoms with Gasteiger partial charge >= 0.3 is 0 Å². The summed E-state index contributed by atoms with van der Waals surface area (Å²) < 4.78 is 4.51. The van der Waals surface area contributed by atoms with E-state index < -0.39 is 0 Å². The highest BCUT2D eigenvalue weighted by molar-refractivity contribution is 6.12. The molecule has 230 valence electrons. The molecule has 9 rings (SSSR count). The van der Waals surface area contributed by atoms with Crippen molar-refractivity contribution in [1.82, 2.24) is 9.13 Å². The third-order valence-electron chi connectivity index (χ3n) is 9.61. The van der Waals surface area contributed by atoms with Crippen molar-refractivity contribution in [3.8, 4) is 45.8 Å². The molecule has 0 aliphatic rings. The van der Waals surface area contributed by atoms with Gasteiger partial charge in [-0.1, -0.05) is 78.9 Å².